The molecular weight excluding hydrogens is 352 g/mol. The van der Waals surface area contributed by atoms with Crippen molar-refractivity contribution >= 4 is 28.3 Å². The minimum atomic E-state index is -1.26. The van der Waals surface area contributed by atoms with Gasteiger partial charge in [0.15, 0.2) is 5.78 Å². The molecule has 0 amide bonds. The summed E-state index contributed by atoms with van der Waals surface area (Å²) >= 11 is 0. The number of phenolic OH excluding ortho intramolecular Hbond substituents is 2. The molecule has 27 heavy (non-hydrogen) atoms. The summed E-state index contributed by atoms with van der Waals surface area (Å²) in [5.41, 5.74) is 5.13. The summed E-state index contributed by atoms with van der Waals surface area (Å²) < 4.78 is 0. The number of carboxylic acids is 1. The summed E-state index contributed by atoms with van der Waals surface area (Å²) in [6.45, 7) is 0. The number of benzene rings is 2. The Morgan fingerprint density at radius 3 is 2.11 bits per heavy atom. The zero-order valence-electron chi connectivity index (χ0n) is 13.8. The van der Waals surface area contributed by atoms with Crippen molar-refractivity contribution in [1.82, 2.24) is 4.98 Å². The summed E-state index contributed by atoms with van der Waals surface area (Å²) in [5, 5.41) is 30.7. The SMILES string of the molecule is NC(Cc1c[nH]c2c1C(=O)c1c(c(O)c3ccccc3c1O)C2=O)C(=O)O. The van der Waals surface area contributed by atoms with E-state index in [0.29, 0.717) is 0 Å². The van der Waals surface area contributed by atoms with Gasteiger partial charge in [-0.3, -0.25) is 14.4 Å². The Labute approximate surface area is 151 Å². The second-order valence-corrected chi connectivity index (χ2v) is 6.36. The normalized spacial score (nSPS) is 14.1. The maximum Gasteiger partial charge on any atom is 0.320 e. The van der Waals surface area contributed by atoms with Crippen LogP contribution in [0.25, 0.3) is 10.8 Å². The Morgan fingerprint density at radius 1 is 1.00 bits per heavy atom. The van der Waals surface area contributed by atoms with E-state index in [-0.39, 0.29) is 50.9 Å². The second kappa shape index (κ2) is 5.68. The molecular formula is C19H14N2O6. The third-order valence-electron chi connectivity index (χ3n) is 4.79. The van der Waals surface area contributed by atoms with E-state index < -0.39 is 29.3 Å². The number of aliphatic carboxylic acids is 1. The van der Waals surface area contributed by atoms with E-state index in [9.17, 15) is 24.6 Å². The van der Waals surface area contributed by atoms with Crippen molar-refractivity contribution in [3.05, 3.63) is 58.4 Å². The molecule has 1 aliphatic carbocycles. The summed E-state index contributed by atoms with van der Waals surface area (Å²) in [5.74, 6) is -3.37. The fraction of sp³-hybridized carbons (Fsp3) is 0.105. The van der Waals surface area contributed by atoms with E-state index in [0.717, 1.165) is 0 Å². The number of phenols is 2. The molecule has 1 heterocycles. The van der Waals surface area contributed by atoms with Crippen molar-refractivity contribution in [2.45, 2.75) is 12.5 Å². The highest BCUT2D eigenvalue weighted by Gasteiger charge is 2.39. The van der Waals surface area contributed by atoms with Crippen molar-refractivity contribution in [3.8, 4) is 11.5 Å². The highest BCUT2D eigenvalue weighted by molar-refractivity contribution is 6.32. The van der Waals surface area contributed by atoms with Crippen LogP contribution < -0.4 is 5.73 Å². The van der Waals surface area contributed by atoms with Crippen molar-refractivity contribution in [2.24, 2.45) is 5.73 Å². The van der Waals surface area contributed by atoms with Gasteiger partial charge in [-0.25, -0.2) is 0 Å². The molecule has 0 radical (unpaired) electrons. The Bertz CT molecular complexity index is 1160. The topological polar surface area (TPSA) is 154 Å². The molecule has 136 valence electrons. The van der Waals surface area contributed by atoms with Crippen LogP contribution in [0.4, 0.5) is 0 Å². The lowest BCUT2D eigenvalue weighted by atomic mass is 9.82. The van der Waals surface area contributed by atoms with E-state index in [1.165, 1.54) is 18.3 Å². The first kappa shape index (κ1) is 16.8. The van der Waals surface area contributed by atoms with Crippen LogP contribution in [0, 0.1) is 0 Å². The van der Waals surface area contributed by atoms with Crippen LogP contribution in [0.5, 0.6) is 11.5 Å². The number of aromatic nitrogens is 1. The lowest BCUT2D eigenvalue weighted by molar-refractivity contribution is -0.138. The molecule has 0 fully saturated rings. The van der Waals surface area contributed by atoms with Crippen LogP contribution >= 0.6 is 0 Å². The molecule has 8 heteroatoms. The van der Waals surface area contributed by atoms with E-state index in [2.05, 4.69) is 4.98 Å². The quantitative estimate of drug-likeness (QED) is 0.342. The number of fused-ring (bicyclic) bond motifs is 3. The number of aromatic amines is 1. The monoisotopic (exact) mass is 366 g/mol. The molecule has 0 saturated carbocycles. The first-order chi connectivity index (χ1) is 12.8. The molecule has 1 unspecified atom stereocenters. The molecule has 8 nitrogen and oxygen atoms in total. The van der Waals surface area contributed by atoms with E-state index in [1.807, 2.05) is 0 Å². The molecule has 1 aliphatic rings. The fourth-order valence-corrected chi connectivity index (χ4v) is 3.48. The van der Waals surface area contributed by atoms with Crippen molar-refractivity contribution in [1.29, 1.82) is 0 Å². The maximum absolute atomic E-state index is 13.1. The average molecular weight is 366 g/mol. The van der Waals surface area contributed by atoms with Gasteiger partial charge in [0.2, 0.25) is 5.78 Å². The van der Waals surface area contributed by atoms with E-state index in [1.54, 1.807) is 12.1 Å². The standard InChI is InChI=1S/C19H14N2O6/c20-10(19(26)27)5-7-6-21-14-11(7)17(24)12-13(18(14)25)16(23)9-4-2-1-3-8(9)15(12)22/h1-4,6,10,21-23H,5,20H2,(H,26,27). The van der Waals surface area contributed by atoms with Crippen LogP contribution in [0.3, 0.4) is 0 Å². The first-order valence-electron chi connectivity index (χ1n) is 8.07. The number of carboxylic acid groups (broad SMARTS) is 1. The Morgan fingerprint density at radius 2 is 1.56 bits per heavy atom. The molecule has 1 aromatic heterocycles. The van der Waals surface area contributed by atoms with Gasteiger partial charge < -0.3 is 26.0 Å². The fourth-order valence-electron chi connectivity index (χ4n) is 3.48. The molecule has 0 saturated heterocycles. The molecule has 6 N–H and O–H groups in total. The Hall–Kier alpha value is -3.65. The predicted octanol–water partition coefficient (Wildman–Crippen LogP) is 1.31. The van der Waals surface area contributed by atoms with Gasteiger partial charge in [0.25, 0.3) is 0 Å². The van der Waals surface area contributed by atoms with Crippen molar-refractivity contribution < 1.29 is 29.7 Å². The number of ketones is 2. The van der Waals surface area contributed by atoms with Gasteiger partial charge in [0.1, 0.15) is 17.5 Å². The highest BCUT2D eigenvalue weighted by Crippen LogP contribution is 2.44. The summed E-state index contributed by atoms with van der Waals surface area (Å²) in [4.78, 5) is 39.7. The van der Waals surface area contributed by atoms with Crippen molar-refractivity contribution in [3.63, 3.8) is 0 Å². The van der Waals surface area contributed by atoms with Crippen LogP contribution in [0.15, 0.2) is 30.5 Å². The largest absolute Gasteiger partial charge is 0.506 e. The van der Waals surface area contributed by atoms with Crippen LogP contribution in [-0.4, -0.2) is 43.9 Å². The van der Waals surface area contributed by atoms with Crippen molar-refractivity contribution in [2.75, 3.05) is 0 Å². The lowest BCUT2D eigenvalue weighted by Crippen LogP contribution is -2.33. The Kier molecular flexibility index (Phi) is 3.53. The number of carbonyl (C=O) groups is 3. The zero-order chi connectivity index (χ0) is 19.5. The van der Waals surface area contributed by atoms with E-state index in [4.69, 9.17) is 10.8 Å². The molecule has 1 atom stereocenters. The Balaban J connectivity index is 1.97. The molecule has 0 aliphatic heterocycles. The zero-order valence-corrected chi connectivity index (χ0v) is 13.8. The van der Waals surface area contributed by atoms with Gasteiger partial charge in [0.05, 0.1) is 22.4 Å². The third kappa shape index (κ3) is 2.24. The number of aromatic hydroxyl groups is 2. The minimum absolute atomic E-state index is 0.0332. The number of hydrogen-bond acceptors (Lipinski definition) is 6. The molecule has 2 aromatic carbocycles. The number of nitrogens with one attached hydrogen (secondary N) is 1. The molecule has 0 spiro atoms. The van der Waals surface area contributed by atoms with Gasteiger partial charge in [-0.2, -0.15) is 0 Å². The van der Waals surface area contributed by atoms with Crippen LogP contribution in [0.1, 0.15) is 37.5 Å². The maximum atomic E-state index is 13.1. The van der Waals surface area contributed by atoms with Gasteiger partial charge in [-0.15, -0.1) is 0 Å². The van der Waals surface area contributed by atoms with Gasteiger partial charge in [-0.05, 0) is 5.56 Å². The summed E-state index contributed by atoms with van der Waals surface area (Å²) in [7, 11) is 0. The van der Waals surface area contributed by atoms with Gasteiger partial charge in [0, 0.05) is 23.4 Å². The molecule has 0 bridgehead atoms. The number of carbonyl (C=O) groups excluding carboxylic acids is 2. The number of rotatable bonds is 3. The van der Waals surface area contributed by atoms with Gasteiger partial charge in [-0.1, -0.05) is 24.3 Å². The average Bonchev–Trinajstić information content (AvgIpc) is 3.06. The third-order valence-corrected chi connectivity index (χ3v) is 4.79. The number of H-pyrrole nitrogens is 1. The van der Waals surface area contributed by atoms with Gasteiger partial charge >= 0.3 is 5.97 Å². The van der Waals surface area contributed by atoms with Crippen LogP contribution in [0.2, 0.25) is 0 Å². The van der Waals surface area contributed by atoms with E-state index >= 15 is 0 Å². The minimum Gasteiger partial charge on any atom is -0.506 e. The molecule has 3 aromatic rings. The smallest absolute Gasteiger partial charge is 0.320 e. The first-order valence-corrected chi connectivity index (χ1v) is 8.07. The highest BCUT2D eigenvalue weighted by atomic mass is 16.4. The van der Waals surface area contributed by atoms with Crippen LogP contribution in [-0.2, 0) is 11.2 Å². The lowest BCUT2D eigenvalue weighted by Gasteiger charge is -2.20. The molecule has 4 rings (SSSR count). The predicted molar refractivity (Wildman–Crippen MR) is 94.3 cm³/mol. The number of nitrogens with two attached hydrogens (primary N) is 1. The second-order valence-electron chi connectivity index (χ2n) is 6.36. The number of hydrogen-bond donors (Lipinski definition) is 5. The summed E-state index contributed by atoms with van der Waals surface area (Å²) in [6, 6.07) is 5.06. The summed E-state index contributed by atoms with van der Waals surface area (Å²) in [6.07, 6.45) is 1.18.